The van der Waals surface area contributed by atoms with Crippen molar-refractivity contribution in [3.05, 3.63) is 29.8 Å². The van der Waals surface area contributed by atoms with Crippen LogP contribution >= 0.6 is 0 Å². The predicted molar refractivity (Wildman–Crippen MR) is 83.1 cm³/mol. The van der Waals surface area contributed by atoms with Gasteiger partial charge in [-0.15, -0.1) is 0 Å². The highest BCUT2D eigenvalue weighted by atomic mass is 16.5. The monoisotopic (exact) mass is 305 g/mol. The normalized spacial score (nSPS) is 15.2. The van der Waals surface area contributed by atoms with Gasteiger partial charge >= 0.3 is 5.97 Å². The number of ether oxygens (including phenoxy) is 1. The zero-order valence-corrected chi connectivity index (χ0v) is 13.1. The van der Waals surface area contributed by atoms with Crippen molar-refractivity contribution < 1.29 is 19.4 Å². The summed E-state index contributed by atoms with van der Waals surface area (Å²) >= 11 is 0. The Labute approximate surface area is 130 Å². The summed E-state index contributed by atoms with van der Waals surface area (Å²) < 4.78 is 5.64. The average Bonchev–Trinajstić information content (AvgIpc) is 3.34. The second-order valence-electron chi connectivity index (χ2n) is 5.86. The molecular formula is C17H23NO4. The molecule has 1 aliphatic carbocycles. The van der Waals surface area contributed by atoms with Crippen molar-refractivity contribution in [2.75, 3.05) is 13.2 Å². The Kier molecular flexibility index (Phi) is 5.41. The van der Waals surface area contributed by atoms with Crippen molar-refractivity contribution in [2.45, 2.75) is 39.2 Å². The Balaban J connectivity index is 2.03. The van der Waals surface area contributed by atoms with Gasteiger partial charge in [-0.1, -0.05) is 6.92 Å². The van der Waals surface area contributed by atoms with Crippen LogP contribution in [0.4, 0.5) is 0 Å². The first-order valence-corrected chi connectivity index (χ1v) is 7.77. The molecule has 1 N–H and O–H groups in total. The zero-order chi connectivity index (χ0) is 16.1. The van der Waals surface area contributed by atoms with Crippen LogP contribution in [0.15, 0.2) is 24.3 Å². The van der Waals surface area contributed by atoms with E-state index in [1.807, 2.05) is 13.8 Å². The molecule has 5 nitrogen and oxygen atoms in total. The van der Waals surface area contributed by atoms with Crippen LogP contribution in [0.5, 0.6) is 5.75 Å². The maximum absolute atomic E-state index is 12.5. The number of benzene rings is 1. The van der Waals surface area contributed by atoms with Crippen LogP contribution in [0.25, 0.3) is 0 Å². The number of carboxylic acid groups (broad SMARTS) is 1. The van der Waals surface area contributed by atoms with E-state index in [-0.39, 0.29) is 18.5 Å². The number of carboxylic acids is 1. The number of carbonyl (C=O) groups is 2. The molecule has 1 saturated carbocycles. The molecule has 0 radical (unpaired) electrons. The first kappa shape index (κ1) is 16.3. The van der Waals surface area contributed by atoms with Crippen LogP contribution in [0, 0.1) is 5.92 Å². The SMILES string of the molecule is CCC(C)N(CC(=O)O)C(=O)c1ccc(OCC2CC2)cc1. The van der Waals surface area contributed by atoms with E-state index in [0.717, 1.165) is 12.4 Å². The van der Waals surface area contributed by atoms with E-state index in [2.05, 4.69) is 0 Å². The van der Waals surface area contributed by atoms with Gasteiger partial charge in [0.05, 0.1) is 6.61 Å². The van der Waals surface area contributed by atoms with Crippen LogP contribution in [0.3, 0.4) is 0 Å². The van der Waals surface area contributed by atoms with Crippen LogP contribution in [0.2, 0.25) is 0 Å². The van der Waals surface area contributed by atoms with E-state index in [0.29, 0.717) is 17.9 Å². The average molecular weight is 305 g/mol. The van der Waals surface area contributed by atoms with Gasteiger partial charge < -0.3 is 14.7 Å². The number of amides is 1. The van der Waals surface area contributed by atoms with Gasteiger partial charge in [-0.2, -0.15) is 0 Å². The van der Waals surface area contributed by atoms with Gasteiger partial charge in [0.25, 0.3) is 5.91 Å². The zero-order valence-electron chi connectivity index (χ0n) is 13.1. The molecule has 22 heavy (non-hydrogen) atoms. The van der Waals surface area contributed by atoms with Crippen molar-refractivity contribution >= 4 is 11.9 Å². The van der Waals surface area contributed by atoms with Crippen molar-refractivity contribution in [3.63, 3.8) is 0 Å². The summed E-state index contributed by atoms with van der Waals surface area (Å²) in [6.45, 7) is 4.23. The van der Waals surface area contributed by atoms with Crippen LogP contribution < -0.4 is 4.74 Å². The fourth-order valence-electron chi connectivity index (χ4n) is 2.15. The lowest BCUT2D eigenvalue weighted by molar-refractivity contribution is -0.138. The molecule has 120 valence electrons. The lowest BCUT2D eigenvalue weighted by atomic mass is 10.1. The molecule has 0 spiro atoms. The highest BCUT2D eigenvalue weighted by Gasteiger charge is 2.23. The highest BCUT2D eigenvalue weighted by Crippen LogP contribution is 2.29. The van der Waals surface area contributed by atoms with E-state index < -0.39 is 5.97 Å². The van der Waals surface area contributed by atoms with Gasteiger partial charge in [-0.05, 0) is 56.4 Å². The number of nitrogens with zero attached hydrogens (tertiary/aromatic N) is 1. The molecule has 2 rings (SSSR count). The smallest absolute Gasteiger partial charge is 0.323 e. The molecule has 0 aliphatic heterocycles. The van der Waals surface area contributed by atoms with E-state index in [1.165, 1.54) is 17.7 Å². The minimum Gasteiger partial charge on any atom is -0.493 e. The van der Waals surface area contributed by atoms with Crippen molar-refractivity contribution in [2.24, 2.45) is 5.92 Å². The first-order chi connectivity index (χ1) is 10.5. The molecule has 5 heteroatoms. The molecule has 1 aliphatic rings. The summed E-state index contributed by atoms with van der Waals surface area (Å²) in [5.41, 5.74) is 0.486. The third-order valence-corrected chi connectivity index (χ3v) is 3.97. The Morgan fingerprint density at radius 3 is 2.45 bits per heavy atom. The van der Waals surface area contributed by atoms with E-state index in [9.17, 15) is 9.59 Å². The number of hydrogen-bond acceptors (Lipinski definition) is 3. The molecular weight excluding hydrogens is 282 g/mol. The number of carbonyl (C=O) groups excluding carboxylic acids is 1. The van der Waals surface area contributed by atoms with E-state index in [1.54, 1.807) is 24.3 Å². The van der Waals surface area contributed by atoms with Crippen molar-refractivity contribution in [1.82, 2.24) is 4.90 Å². The van der Waals surface area contributed by atoms with Gasteiger partial charge in [0, 0.05) is 11.6 Å². The Hall–Kier alpha value is -2.04. The molecule has 1 fully saturated rings. The lowest BCUT2D eigenvalue weighted by Gasteiger charge is -2.27. The van der Waals surface area contributed by atoms with Gasteiger partial charge in [0.1, 0.15) is 12.3 Å². The predicted octanol–water partition coefficient (Wildman–Crippen LogP) is 2.80. The maximum Gasteiger partial charge on any atom is 0.323 e. The second-order valence-corrected chi connectivity index (χ2v) is 5.86. The highest BCUT2D eigenvalue weighted by molar-refractivity contribution is 5.96. The van der Waals surface area contributed by atoms with E-state index >= 15 is 0 Å². The van der Waals surface area contributed by atoms with Crippen LogP contribution in [-0.4, -0.2) is 41.1 Å². The minimum atomic E-state index is -1.00. The number of rotatable bonds is 8. The fourth-order valence-corrected chi connectivity index (χ4v) is 2.15. The third kappa shape index (κ3) is 4.48. The molecule has 0 aromatic heterocycles. The Morgan fingerprint density at radius 1 is 1.32 bits per heavy atom. The standard InChI is InChI=1S/C17H23NO4/c1-3-12(2)18(10-16(19)20)17(21)14-6-8-15(9-7-14)22-11-13-4-5-13/h6-9,12-13H,3-5,10-11H2,1-2H3,(H,19,20). The summed E-state index contributed by atoms with van der Waals surface area (Å²) in [4.78, 5) is 24.8. The summed E-state index contributed by atoms with van der Waals surface area (Å²) in [5.74, 6) is 0.165. The first-order valence-electron chi connectivity index (χ1n) is 7.77. The molecule has 0 saturated heterocycles. The van der Waals surface area contributed by atoms with Gasteiger partial charge in [-0.3, -0.25) is 9.59 Å². The molecule has 1 unspecified atom stereocenters. The second kappa shape index (κ2) is 7.29. The lowest BCUT2D eigenvalue weighted by Crippen LogP contribution is -2.41. The Bertz CT molecular complexity index is 522. The van der Waals surface area contributed by atoms with Crippen molar-refractivity contribution in [3.8, 4) is 5.75 Å². The molecule has 1 aromatic rings. The topological polar surface area (TPSA) is 66.8 Å². The summed E-state index contributed by atoms with van der Waals surface area (Å²) in [6.07, 6.45) is 3.17. The minimum absolute atomic E-state index is 0.116. The number of aliphatic carboxylic acids is 1. The summed E-state index contributed by atoms with van der Waals surface area (Å²) in [7, 11) is 0. The van der Waals surface area contributed by atoms with Gasteiger partial charge in [0.15, 0.2) is 0 Å². The third-order valence-electron chi connectivity index (χ3n) is 3.97. The quantitative estimate of drug-likeness (QED) is 0.802. The molecule has 1 aromatic carbocycles. The van der Waals surface area contributed by atoms with Gasteiger partial charge in [-0.25, -0.2) is 0 Å². The molecule has 1 atom stereocenters. The van der Waals surface area contributed by atoms with Crippen LogP contribution in [0.1, 0.15) is 43.5 Å². The van der Waals surface area contributed by atoms with Gasteiger partial charge in [0.2, 0.25) is 0 Å². The Morgan fingerprint density at radius 2 is 1.95 bits per heavy atom. The molecule has 1 amide bonds. The van der Waals surface area contributed by atoms with Crippen LogP contribution in [-0.2, 0) is 4.79 Å². The van der Waals surface area contributed by atoms with Crippen molar-refractivity contribution in [1.29, 1.82) is 0 Å². The molecule has 0 bridgehead atoms. The molecule has 0 heterocycles. The maximum atomic E-state index is 12.5. The largest absolute Gasteiger partial charge is 0.493 e. The number of hydrogen-bond donors (Lipinski definition) is 1. The van der Waals surface area contributed by atoms with E-state index in [4.69, 9.17) is 9.84 Å². The summed E-state index contributed by atoms with van der Waals surface area (Å²) in [5, 5.41) is 8.98. The fraction of sp³-hybridized carbons (Fsp3) is 0.529. The summed E-state index contributed by atoms with van der Waals surface area (Å²) in [6, 6.07) is 6.81.